The van der Waals surface area contributed by atoms with E-state index in [1.807, 2.05) is 6.92 Å². The van der Waals surface area contributed by atoms with Crippen molar-refractivity contribution in [1.82, 2.24) is 5.32 Å². The second-order valence-electron chi connectivity index (χ2n) is 3.74. The van der Waals surface area contributed by atoms with E-state index in [9.17, 15) is 4.79 Å². The maximum atomic E-state index is 11.2. The van der Waals surface area contributed by atoms with Gasteiger partial charge in [-0.2, -0.15) is 0 Å². The Morgan fingerprint density at radius 3 is 2.38 bits per heavy atom. The molecule has 76 valence electrons. The molecule has 3 N–H and O–H groups in total. The number of rotatable bonds is 5. The van der Waals surface area contributed by atoms with E-state index in [1.54, 1.807) is 0 Å². The maximum absolute atomic E-state index is 11.2. The first-order valence-electron chi connectivity index (χ1n) is 4.49. The molecule has 13 heavy (non-hydrogen) atoms. The first kappa shape index (κ1) is 12.4. The third-order valence-corrected chi connectivity index (χ3v) is 1.71. The van der Waals surface area contributed by atoms with Gasteiger partial charge in [-0.05, 0) is 19.3 Å². The fourth-order valence-corrected chi connectivity index (χ4v) is 1.38. The number of carbonyl (C=O) groups is 1. The van der Waals surface area contributed by atoms with Crippen LogP contribution in [0.4, 0.5) is 0 Å². The Balaban J connectivity index is 3.71. The van der Waals surface area contributed by atoms with E-state index in [0.29, 0.717) is 5.92 Å². The lowest BCUT2D eigenvalue weighted by molar-refractivity contribution is -0.120. The van der Waals surface area contributed by atoms with Gasteiger partial charge in [-0.1, -0.05) is 26.1 Å². The SMILES string of the molecule is CC(C)CC(C)NC(=O)CC(N)=S. The minimum atomic E-state index is -0.0827. The number of hydrogen-bond acceptors (Lipinski definition) is 2. The van der Waals surface area contributed by atoms with Gasteiger partial charge in [0.2, 0.25) is 5.91 Å². The summed E-state index contributed by atoms with van der Waals surface area (Å²) in [5.41, 5.74) is 5.24. The zero-order valence-electron chi connectivity index (χ0n) is 8.46. The number of amides is 1. The zero-order chi connectivity index (χ0) is 10.4. The van der Waals surface area contributed by atoms with Crippen molar-refractivity contribution in [3.05, 3.63) is 0 Å². The Morgan fingerprint density at radius 2 is 2.00 bits per heavy atom. The monoisotopic (exact) mass is 202 g/mol. The zero-order valence-corrected chi connectivity index (χ0v) is 9.28. The van der Waals surface area contributed by atoms with Crippen molar-refractivity contribution in [2.24, 2.45) is 11.7 Å². The van der Waals surface area contributed by atoms with Crippen molar-refractivity contribution in [1.29, 1.82) is 0 Å². The Morgan fingerprint density at radius 1 is 1.46 bits per heavy atom. The molecule has 0 aromatic carbocycles. The largest absolute Gasteiger partial charge is 0.393 e. The molecule has 0 saturated heterocycles. The summed E-state index contributed by atoms with van der Waals surface area (Å²) in [6.07, 6.45) is 1.13. The molecule has 0 fully saturated rings. The topological polar surface area (TPSA) is 55.1 Å². The minimum Gasteiger partial charge on any atom is -0.393 e. The van der Waals surface area contributed by atoms with E-state index >= 15 is 0 Å². The quantitative estimate of drug-likeness (QED) is 0.659. The van der Waals surface area contributed by atoms with Gasteiger partial charge in [0.05, 0.1) is 11.4 Å². The van der Waals surface area contributed by atoms with Gasteiger partial charge in [-0.3, -0.25) is 4.79 Å². The van der Waals surface area contributed by atoms with Gasteiger partial charge >= 0.3 is 0 Å². The molecule has 0 radical (unpaired) electrons. The number of nitrogens with one attached hydrogen (secondary N) is 1. The average Bonchev–Trinajstić information content (AvgIpc) is 1.80. The first-order valence-corrected chi connectivity index (χ1v) is 4.90. The molecule has 0 aliphatic heterocycles. The summed E-state index contributed by atoms with van der Waals surface area (Å²) < 4.78 is 0. The number of thiocarbonyl (C=S) groups is 1. The molecule has 0 heterocycles. The van der Waals surface area contributed by atoms with Crippen LogP contribution in [0.5, 0.6) is 0 Å². The lowest BCUT2D eigenvalue weighted by atomic mass is 10.1. The van der Waals surface area contributed by atoms with Crippen LogP contribution in [-0.4, -0.2) is 16.9 Å². The number of hydrogen-bond donors (Lipinski definition) is 2. The van der Waals surface area contributed by atoms with E-state index in [4.69, 9.17) is 5.73 Å². The van der Waals surface area contributed by atoms with Crippen LogP contribution in [0.2, 0.25) is 0 Å². The van der Waals surface area contributed by atoms with Crippen molar-refractivity contribution in [2.75, 3.05) is 0 Å². The summed E-state index contributed by atoms with van der Waals surface area (Å²) in [7, 11) is 0. The molecule has 0 saturated carbocycles. The summed E-state index contributed by atoms with van der Waals surface area (Å²) in [6.45, 7) is 6.23. The molecular formula is C9H18N2OS. The molecule has 0 aliphatic rings. The summed E-state index contributed by atoms with van der Waals surface area (Å²) in [5.74, 6) is 0.501. The first-order chi connectivity index (χ1) is 5.91. The Labute approximate surface area is 85.1 Å². The number of carbonyl (C=O) groups excluding carboxylic acids is 1. The minimum absolute atomic E-state index is 0.0827. The van der Waals surface area contributed by atoms with Gasteiger partial charge in [-0.15, -0.1) is 0 Å². The van der Waals surface area contributed by atoms with E-state index < -0.39 is 0 Å². The van der Waals surface area contributed by atoms with Gasteiger partial charge < -0.3 is 11.1 Å². The van der Waals surface area contributed by atoms with Crippen LogP contribution >= 0.6 is 12.2 Å². The van der Waals surface area contributed by atoms with Crippen LogP contribution in [0.1, 0.15) is 33.6 Å². The van der Waals surface area contributed by atoms with Crippen molar-refractivity contribution >= 4 is 23.1 Å². The van der Waals surface area contributed by atoms with Crippen molar-refractivity contribution in [3.63, 3.8) is 0 Å². The van der Waals surface area contributed by atoms with Gasteiger partial charge in [0.25, 0.3) is 0 Å². The third kappa shape index (κ3) is 7.71. The van der Waals surface area contributed by atoms with Crippen LogP contribution in [0.3, 0.4) is 0 Å². The van der Waals surface area contributed by atoms with Crippen molar-refractivity contribution < 1.29 is 4.79 Å². The fraction of sp³-hybridized carbons (Fsp3) is 0.778. The molecule has 1 atom stereocenters. The summed E-state index contributed by atoms with van der Waals surface area (Å²) in [6, 6.07) is 0.196. The predicted molar refractivity (Wildman–Crippen MR) is 58.5 cm³/mol. The molecule has 0 rings (SSSR count). The standard InChI is InChI=1S/C9H18N2OS/c1-6(2)4-7(3)11-9(12)5-8(10)13/h6-7H,4-5H2,1-3H3,(H2,10,13)(H,11,12). The second-order valence-corrected chi connectivity index (χ2v) is 4.27. The Kier molecular flexibility index (Phi) is 5.62. The molecule has 0 aromatic heterocycles. The van der Waals surface area contributed by atoms with E-state index in [-0.39, 0.29) is 23.4 Å². The van der Waals surface area contributed by atoms with E-state index in [1.165, 1.54) is 0 Å². The predicted octanol–water partition coefficient (Wildman–Crippen LogP) is 1.21. The maximum Gasteiger partial charge on any atom is 0.227 e. The highest BCUT2D eigenvalue weighted by Crippen LogP contribution is 2.03. The van der Waals surface area contributed by atoms with Crippen LogP contribution in [-0.2, 0) is 4.79 Å². The molecule has 1 unspecified atom stereocenters. The fourth-order valence-electron chi connectivity index (χ4n) is 1.25. The highest BCUT2D eigenvalue weighted by Gasteiger charge is 2.09. The molecule has 0 spiro atoms. The van der Waals surface area contributed by atoms with E-state index in [0.717, 1.165) is 6.42 Å². The molecule has 0 bridgehead atoms. The molecule has 0 aromatic rings. The van der Waals surface area contributed by atoms with Crippen LogP contribution < -0.4 is 11.1 Å². The van der Waals surface area contributed by atoms with Crippen LogP contribution in [0.15, 0.2) is 0 Å². The Hall–Kier alpha value is -0.640. The van der Waals surface area contributed by atoms with Crippen molar-refractivity contribution in [2.45, 2.75) is 39.7 Å². The summed E-state index contributed by atoms with van der Waals surface area (Å²) in [4.78, 5) is 11.4. The summed E-state index contributed by atoms with van der Waals surface area (Å²) >= 11 is 4.63. The van der Waals surface area contributed by atoms with E-state index in [2.05, 4.69) is 31.4 Å². The van der Waals surface area contributed by atoms with Crippen LogP contribution in [0.25, 0.3) is 0 Å². The molecular weight excluding hydrogens is 184 g/mol. The second kappa shape index (κ2) is 5.91. The molecule has 1 amide bonds. The Bertz CT molecular complexity index is 192. The molecule has 4 heteroatoms. The van der Waals surface area contributed by atoms with Crippen molar-refractivity contribution in [3.8, 4) is 0 Å². The van der Waals surface area contributed by atoms with Crippen LogP contribution in [0, 0.1) is 5.92 Å². The van der Waals surface area contributed by atoms with Gasteiger partial charge in [0, 0.05) is 6.04 Å². The van der Waals surface area contributed by atoms with Gasteiger partial charge in [0.1, 0.15) is 0 Å². The third-order valence-electron chi connectivity index (χ3n) is 1.57. The highest BCUT2D eigenvalue weighted by molar-refractivity contribution is 7.80. The van der Waals surface area contributed by atoms with Gasteiger partial charge in [0.15, 0.2) is 0 Å². The highest BCUT2D eigenvalue weighted by atomic mass is 32.1. The smallest absolute Gasteiger partial charge is 0.227 e. The van der Waals surface area contributed by atoms with Gasteiger partial charge in [-0.25, -0.2) is 0 Å². The number of nitrogens with two attached hydrogens (primary N) is 1. The molecule has 3 nitrogen and oxygen atoms in total. The lowest BCUT2D eigenvalue weighted by Gasteiger charge is -2.15. The lowest BCUT2D eigenvalue weighted by Crippen LogP contribution is -2.35. The normalized spacial score (nSPS) is 12.6. The summed E-state index contributed by atoms with van der Waals surface area (Å²) in [5, 5.41) is 2.84. The average molecular weight is 202 g/mol. The molecule has 0 aliphatic carbocycles.